The van der Waals surface area contributed by atoms with E-state index in [1.165, 1.54) is 0 Å². The van der Waals surface area contributed by atoms with Crippen LogP contribution in [-0.4, -0.2) is 9.97 Å². The van der Waals surface area contributed by atoms with Crippen LogP contribution in [-0.2, 0) is 0 Å². The fraction of sp³-hybridized carbons (Fsp3) is 0. The molecule has 0 radical (unpaired) electrons. The molecule has 0 aliphatic heterocycles. The molecule has 0 aliphatic rings. The van der Waals surface area contributed by atoms with E-state index in [2.05, 4.69) is 9.97 Å². The number of halogens is 4. The Morgan fingerprint density at radius 1 is 0.714 bits per heavy atom. The number of H-pyrrole nitrogens is 2. The predicted octanol–water partition coefficient (Wildman–Crippen LogP) is 3.47. The lowest BCUT2D eigenvalue weighted by molar-refractivity contribution is 1.21. The van der Waals surface area contributed by atoms with Crippen LogP contribution in [0.5, 0.6) is 0 Å². The Bertz CT molecular complexity index is 523. The monoisotopic (exact) mass is 270 g/mol. The second-order valence-corrected chi connectivity index (χ2v) is 4.10. The minimum absolute atomic E-state index is 0.126. The maximum absolute atomic E-state index is 11.0. The largest absolute Gasteiger partial charge is 0.323 e. The smallest absolute Gasteiger partial charge is 0.304 e. The Morgan fingerprint density at radius 2 is 1.07 bits per heavy atom. The maximum atomic E-state index is 11.0. The average molecular weight is 272 g/mol. The highest BCUT2D eigenvalue weighted by Gasteiger charge is 2.16. The van der Waals surface area contributed by atoms with Gasteiger partial charge in [-0.05, 0) is 0 Å². The lowest BCUT2D eigenvalue weighted by Gasteiger charge is -2.02. The van der Waals surface area contributed by atoms with Gasteiger partial charge in [0, 0.05) is 0 Å². The molecule has 0 spiro atoms. The molecule has 14 heavy (non-hydrogen) atoms. The molecule has 0 atom stereocenters. The molecule has 7 heteroatoms. The molecule has 0 aliphatic carbocycles. The number of benzene rings is 1. The van der Waals surface area contributed by atoms with Crippen molar-refractivity contribution in [3.63, 3.8) is 0 Å². The van der Waals surface area contributed by atoms with Crippen molar-refractivity contribution in [3.05, 3.63) is 30.6 Å². The van der Waals surface area contributed by atoms with Gasteiger partial charge in [-0.1, -0.05) is 46.4 Å². The van der Waals surface area contributed by atoms with E-state index in [1.54, 1.807) is 0 Å². The second kappa shape index (κ2) is 3.35. The van der Waals surface area contributed by atoms with Gasteiger partial charge in [0.15, 0.2) is 0 Å². The molecule has 0 saturated carbocycles. The zero-order chi connectivity index (χ0) is 10.5. The fourth-order valence-corrected chi connectivity index (χ4v) is 2.07. The Morgan fingerprint density at radius 3 is 1.43 bits per heavy atom. The van der Waals surface area contributed by atoms with Crippen molar-refractivity contribution in [1.82, 2.24) is 9.97 Å². The molecule has 0 amide bonds. The number of hydrogen-bond acceptors (Lipinski definition) is 1. The van der Waals surface area contributed by atoms with Crippen LogP contribution in [0.1, 0.15) is 0 Å². The molecule has 2 aromatic rings. The van der Waals surface area contributed by atoms with Crippen LogP contribution in [0.4, 0.5) is 0 Å². The summed E-state index contributed by atoms with van der Waals surface area (Å²) in [6, 6.07) is 0. The highest BCUT2D eigenvalue weighted by Crippen LogP contribution is 2.40. The van der Waals surface area contributed by atoms with E-state index in [4.69, 9.17) is 46.4 Å². The van der Waals surface area contributed by atoms with Crippen LogP contribution in [0.15, 0.2) is 4.79 Å². The zero-order valence-corrected chi connectivity index (χ0v) is 9.44. The summed E-state index contributed by atoms with van der Waals surface area (Å²) in [4.78, 5) is 15.9. The molecule has 0 fully saturated rings. The van der Waals surface area contributed by atoms with E-state index < -0.39 is 5.69 Å². The van der Waals surface area contributed by atoms with E-state index in [1.807, 2.05) is 0 Å². The molecule has 0 bridgehead atoms. The summed E-state index contributed by atoms with van der Waals surface area (Å²) in [6.07, 6.45) is 0. The fourth-order valence-electron chi connectivity index (χ4n) is 1.12. The van der Waals surface area contributed by atoms with Crippen molar-refractivity contribution in [2.75, 3.05) is 0 Å². The number of nitrogens with one attached hydrogen (secondary N) is 2. The number of imidazole rings is 1. The first-order valence-corrected chi connectivity index (χ1v) is 4.97. The molecule has 0 saturated heterocycles. The van der Waals surface area contributed by atoms with Crippen molar-refractivity contribution in [2.24, 2.45) is 0 Å². The Hall–Kier alpha value is -0.350. The van der Waals surface area contributed by atoms with E-state index in [-0.39, 0.29) is 20.1 Å². The number of aromatic nitrogens is 2. The normalized spacial score (nSPS) is 11.1. The van der Waals surface area contributed by atoms with E-state index in [0.29, 0.717) is 11.0 Å². The van der Waals surface area contributed by atoms with Crippen molar-refractivity contribution < 1.29 is 0 Å². The first-order valence-electron chi connectivity index (χ1n) is 3.46. The quantitative estimate of drug-likeness (QED) is 0.559. The Kier molecular flexibility index (Phi) is 2.43. The zero-order valence-electron chi connectivity index (χ0n) is 6.42. The summed E-state index contributed by atoms with van der Waals surface area (Å²) in [5.74, 6) is 0. The number of fused-ring (bicyclic) bond motifs is 1. The molecular weight excluding hydrogens is 270 g/mol. The van der Waals surface area contributed by atoms with Gasteiger partial charge in [0.2, 0.25) is 0 Å². The van der Waals surface area contributed by atoms with Gasteiger partial charge < -0.3 is 9.97 Å². The molecular formula is C7H2Cl4N2O. The van der Waals surface area contributed by atoms with Crippen LogP contribution in [0.3, 0.4) is 0 Å². The van der Waals surface area contributed by atoms with Gasteiger partial charge in [-0.3, -0.25) is 0 Å². The SMILES string of the molecule is O=c1[nH]c2c(Cl)c(Cl)c(Cl)c(Cl)c2[nH]1. The van der Waals surface area contributed by atoms with Crippen molar-refractivity contribution >= 4 is 57.4 Å². The third-order valence-corrected chi connectivity index (χ3v) is 3.55. The van der Waals surface area contributed by atoms with Gasteiger partial charge in [0.25, 0.3) is 0 Å². The van der Waals surface area contributed by atoms with Crippen molar-refractivity contribution in [1.29, 1.82) is 0 Å². The van der Waals surface area contributed by atoms with Crippen LogP contribution in [0.25, 0.3) is 11.0 Å². The van der Waals surface area contributed by atoms with Crippen LogP contribution < -0.4 is 5.69 Å². The molecule has 2 N–H and O–H groups in total. The minimum atomic E-state index is -0.415. The van der Waals surface area contributed by atoms with Crippen LogP contribution in [0, 0.1) is 0 Å². The van der Waals surface area contributed by atoms with E-state index in [0.717, 1.165) is 0 Å². The first kappa shape index (κ1) is 10.2. The Labute approximate surface area is 97.9 Å². The molecule has 2 rings (SSSR count). The van der Waals surface area contributed by atoms with Crippen molar-refractivity contribution in [3.8, 4) is 0 Å². The molecule has 1 heterocycles. The third-order valence-electron chi connectivity index (χ3n) is 1.74. The number of rotatable bonds is 0. The van der Waals surface area contributed by atoms with Crippen LogP contribution in [0.2, 0.25) is 20.1 Å². The van der Waals surface area contributed by atoms with Crippen LogP contribution >= 0.6 is 46.4 Å². The van der Waals surface area contributed by atoms with E-state index >= 15 is 0 Å². The standard InChI is InChI=1S/C7H2Cl4N2O/c8-1-2(9)4(11)6-5(3(1)10)12-7(14)13-6/h(H2,12,13,14). The summed E-state index contributed by atoms with van der Waals surface area (Å²) in [5.41, 5.74) is 0.300. The molecule has 1 aromatic carbocycles. The van der Waals surface area contributed by atoms with Gasteiger partial charge >= 0.3 is 5.69 Å². The predicted molar refractivity (Wildman–Crippen MR) is 59.0 cm³/mol. The van der Waals surface area contributed by atoms with Gasteiger partial charge in [0.1, 0.15) is 0 Å². The Balaban J connectivity index is 3.08. The molecule has 74 valence electrons. The van der Waals surface area contributed by atoms with Crippen molar-refractivity contribution in [2.45, 2.75) is 0 Å². The lowest BCUT2D eigenvalue weighted by atomic mass is 10.3. The lowest BCUT2D eigenvalue weighted by Crippen LogP contribution is -1.99. The summed E-state index contributed by atoms with van der Waals surface area (Å²) < 4.78 is 0. The summed E-state index contributed by atoms with van der Waals surface area (Å²) in [6.45, 7) is 0. The topological polar surface area (TPSA) is 48.6 Å². The second-order valence-electron chi connectivity index (χ2n) is 2.59. The minimum Gasteiger partial charge on any atom is -0.304 e. The van der Waals surface area contributed by atoms with Gasteiger partial charge in [-0.2, -0.15) is 0 Å². The number of hydrogen-bond donors (Lipinski definition) is 2. The summed E-state index contributed by atoms with van der Waals surface area (Å²) in [7, 11) is 0. The van der Waals surface area contributed by atoms with Gasteiger partial charge in [-0.15, -0.1) is 0 Å². The number of aromatic amines is 2. The molecule has 1 aromatic heterocycles. The summed E-state index contributed by atoms with van der Waals surface area (Å²) >= 11 is 23.3. The molecule has 3 nitrogen and oxygen atoms in total. The highest BCUT2D eigenvalue weighted by molar-refractivity contribution is 6.54. The maximum Gasteiger partial charge on any atom is 0.323 e. The third kappa shape index (κ3) is 1.32. The van der Waals surface area contributed by atoms with Gasteiger partial charge in [0.05, 0.1) is 31.1 Å². The molecule has 0 unspecified atom stereocenters. The first-order chi connectivity index (χ1) is 6.52. The highest BCUT2D eigenvalue weighted by atomic mass is 35.5. The average Bonchev–Trinajstić information content (AvgIpc) is 2.54. The van der Waals surface area contributed by atoms with E-state index in [9.17, 15) is 4.79 Å². The van der Waals surface area contributed by atoms with Gasteiger partial charge in [-0.25, -0.2) is 4.79 Å². The summed E-state index contributed by atoms with van der Waals surface area (Å²) in [5, 5.41) is 0.603.